The molecule has 0 fully saturated rings. The average molecular weight is 426 g/mol. The summed E-state index contributed by atoms with van der Waals surface area (Å²) < 4.78 is 28.9. The molecule has 1 aromatic heterocycles. The summed E-state index contributed by atoms with van der Waals surface area (Å²) in [4.78, 5) is 18.7. The van der Waals surface area contributed by atoms with Crippen molar-refractivity contribution in [2.75, 3.05) is 7.05 Å². The monoisotopic (exact) mass is 425 g/mol. The van der Waals surface area contributed by atoms with Crippen molar-refractivity contribution >= 4 is 15.9 Å². The molecule has 1 amide bonds. The molecule has 1 atom stereocenters. The van der Waals surface area contributed by atoms with Crippen LogP contribution in [-0.4, -0.2) is 31.3 Å². The molecule has 2 aromatic carbocycles. The van der Waals surface area contributed by atoms with E-state index >= 15 is 0 Å². The molecular weight excluding hydrogens is 402 g/mol. The third-order valence-electron chi connectivity index (χ3n) is 4.78. The fourth-order valence-corrected chi connectivity index (χ4v) is 3.48. The minimum atomic E-state index is -3.82. The van der Waals surface area contributed by atoms with Crippen molar-refractivity contribution in [3.05, 3.63) is 89.6 Å². The van der Waals surface area contributed by atoms with Gasteiger partial charge in [-0.25, -0.2) is 18.5 Å². The molecule has 7 nitrogen and oxygen atoms in total. The number of nitrogens with zero attached hydrogens (tertiary/aromatic N) is 2. The Labute approximate surface area is 176 Å². The standard InChI is InChI=1S/C22H23N3O4S/c1-16(18-9-6-10-20(13-18)30(23,27)28)25(2)22(26)19-11-12-24-21(14-19)29-15-17-7-4-3-5-8-17/h3-14,16H,15H2,1-2H3,(H2,23,27,28). The smallest absolute Gasteiger partial charge is 0.254 e. The summed E-state index contributed by atoms with van der Waals surface area (Å²) in [7, 11) is -2.17. The molecule has 3 rings (SSSR count). The molecule has 0 radical (unpaired) electrons. The highest BCUT2D eigenvalue weighted by Crippen LogP contribution is 2.23. The van der Waals surface area contributed by atoms with Gasteiger partial charge in [0, 0.05) is 24.9 Å². The molecule has 0 saturated heterocycles. The summed E-state index contributed by atoms with van der Waals surface area (Å²) in [5.74, 6) is 0.109. The van der Waals surface area contributed by atoms with E-state index in [4.69, 9.17) is 9.88 Å². The first-order valence-corrected chi connectivity index (χ1v) is 10.8. The Morgan fingerprint density at radius 2 is 1.83 bits per heavy atom. The van der Waals surface area contributed by atoms with Gasteiger partial charge in [-0.05, 0) is 36.2 Å². The summed E-state index contributed by atoms with van der Waals surface area (Å²) in [6.45, 7) is 2.16. The number of carbonyl (C=O) groups is 1. The van der Waals surface area contributed by atoms with E-state index in [-0.39, 0.29) is 16.8 Å². The van der Waals surface area contributed by atoms with Gasteiger partial charge in [0.2, 0.25) is 15.9 Å². The Hall–Kier alpha value is -3.23. The normalized spacial score (nSPS) is 12.2. The number of rotatable bonds is 7. The molecule has 0 saturated carbocycles. The molecule has 30 heavy (non-hydrogen) atoms. The number of hydrogen-bond acceptors (Lipinski definition) is 5. The van der Waals surface area contributed by atoms with Gasteiger partial charge >= 0.3 is 0 Å². The van der Waals surface area contributed by atoms with Crippen LogP contribution in [0.3, 0.4) is 0 Å². The minimum absolute atomic E-state index is 0.00760. The fraction of sp³-hybridized carbons (Fsp3) is 0.182. The Balaban J connectivity index is 1.74. The molecule has 8 heteroatoms. The van der Waals surface area contributed by atoms with Gasteiger partial charge in [0.25, 0.3) is 5.91 Å². The van der Waals surface area contributed by atoms with Crippen LogP contribution in [0.5, 0.6) is 5.88 Å². The number of amides is 1. The van der Waals surface area contributed by atoms with Crippen molar-refractivity contribution in [2.45, 2.75) is 24.5 Å². The minimum Gasteiger partial charge on any atom is -0.473 e. The quantitative estimate of drug-likeness (QED) is 0.626. The van der Waals surface area contributed by atoms with Crippen LogP contribution in [0.15, 0.2) is 77.8 Å². The average Bonchev–Trinajstić information content (AvgIpc) is 2.76. The number of aromatic nitrogens is 1. The van der Waals surface area contributed by atoms with Crippen LogP contribution in [0.4, 0.5) is 0 Å². The molecule has 0 aliphatic rings. The van der Waals surface area contributed by atoms with Crippen LogP contribution in [0.1, 0.15) is 34.5 Å². The Kier molecular flexibility index (Phi) is 6.49. The van der Waals surface area contributed by atoms with E-state index in [2.05, 4.69) is 4.98 Å². The second kappa shape index (κ2) is 9.06. The van der Waals surface area contributed by atoms with Gasteiger partial charge < -0.3 is 9.64 Å². The number of carbonyl (C=O) groups excluding carboxylic acids is 1. The largest absolute Gasteiger partial charge is 0.473 e. The number of ether oxygens (including phenoxy) is 1. The summed E-state index contributed by atoms with van der Waals surface area (Å²) in [6.07, 6.45) is 1.52. The van der Waals surface area contributed by atoms with Crippen molar-refractivity contribution in [3.63, 3.8) is 0 Å². The zero-order valence-corrected chi connectivity index (χ0v) is 17.5. The molecule has 1 unspecified atom stereocenters. The molecule has 0 aliphatic heterocycles. The maximum absolute atomic E-state index is 13.0. The van der Waals surface area contributed by atoms with Gasteiger partial charge in [0.05, 0.1) is 10.9 Å². The van der Waals surface area contributed by atoms with E-state index in [0.717, 1.165) is 5.56 Å². The van der Waals surface area contributed by atoms with Crippen LogP contribution < -0.4 is 9.88 Å². The maximum Gasteiger partial charge on any atom is 0.254 e. The van der Waals surface area contributed by atoms with E-state index in [9.17, 15) is 13.2 Å². The SMILES string of the molecule is CC(c1cccc(S(N)(=O)=O)c1)N(C)C(=O)c1ccnc(OCc2ccccc2)c1. The molecule has 3 aromatic rings. The summed E-state index contributed by atoms with van der Waals surface area (Å²) >= 11 is 0. The first-order valence-electron chi connectivity index (χ1n) is 9.28. The number of primary sulfonamides is 1. The lowest BCUT2D eigenvalue weighted by molar-refractivity contribution is 0.0741. The van der Waals surface area contributed by atoms with Gasteiger partial charge in [0.1, 0.15) is 6.61 Å². The highest BCUT2D eigenvalue weighted by atomic mass is 32.2. The van der Waals surface area contributed by atoms with Gasteiger partial charge in [0.15, 0.2) is 0 Å². The summed E-state index contributed by atoms with van der Waals surface area (Å²) in [5.41, 5.74) is 2.08. The summed E-state index contributed by atoms with van der Waals surface area (Å²) in [5, 5.41) is 5.21. The number of sulfonamides is 1. The van der Waals surface area contributed by atoms with E-state index in [1.807, 2.05) is 37.3 Å². The second-order valence-corrected chi connectivity index (χ2v) is 8.43. The predicted octanol–water partition coefficient (Wildman–Crippen LogP) is 3.14. The highest BCUT2D eigenvalue weighted by Gasteiger charge is 2.21. The zero-order chi connectivity index (χ0) is 21.7. The van der Waals surface area contributed by atoms with Crippen LogP contribution in [-0.2, 0) is 16.6 Å². The lowest BCUT2D eigenvalue weighted by atomic mass is 10.1. The Morgan fingerprint density at radius 1 is 1.10 bits per heavy atom. The number of benzene rings is 2. The number of pyridine rings is 1. The van der Waals surface area contributed by atoms with E-state index in [1.165, 1.54) is 23.2 Å². The van der Waals surface area contributed by atoms with Gasteiger partial charge in [-0.2, -0.15) is 0 Å². The number of nitrogens with two attached hydrogens (primary N) is 1. The van der Waals surface area contributed by atoms with Crippen molar-refractivity contribution in [3.8, 4) is 5.88 Å². The molecular formula is C22H23N3O4S. The van der Waals surface area contributed by atoms with Crippen molar-refractivity contribution < 1.29 is 17.9 Å². The van der Waals surface area contributed by atoms with Crippen molar-refractivity contribution in [1.29, 1.82) is 0 Å². The predicted molar refractivity (Wildman–Crippen MR) is 113 cm³/mol. The Bertz CT molecular complexity index is 1130. The van der Waals surface area contributed by atoms with Crippen molar-refractivity contribution in [2.24, 2.45) is 5.14 Å². The second-order valence-electron chi connectivity index (χ2n) is 6.87. The Morgan fingerprint density at radius 3 is 2.53 bits per heavy atom. The molecule has 0 spiro atoms. The summed E-state index contributed by atoms with van der Waals surface area (Å²) in [6, 6.07) is 18.8. The molecule has 2 N–H and O–H groups in total. The topological polar surface area (TPSA) is 103 Å². The molecule has 0 aliphatic carbocycles. The zero-order valence-electron chi connectivity index (χ0n) is 16.7. The maximum atomic E-state index is 13.0. The molecule has 0 bridgehead atoms. The van der Waals surface area contributed by atoms with Crippen LogP contribution in [0.2, 0.25) is 0 Å². The first kappa shape index (κ1) is 21.5. The van der Waals surface area contributed by atoms with Gasteiger partial charge in [-0.15, -0.1) is 0 Å². The lowest BCUT2D eigenvalue weighted by Crippen LogP contribution is -2.30. The van der Waals surface area contributed by atoms with Crippen LogP contribution in [0, 0.1) is 0 Å². The third-order valence-corrected chi connectivity index (χ3v) is 5.69. The van der Waals surface area contributed by atoms with Crippen LogP contribution in [0.25, 0.3) is 0 Å². The van der Waals surface area contributed by atoms with E-state index < -0.39 is 10.0 Å². The molecule has 156 valence electrons. The number of hydrogen-bond donors (Lipinski definition) is 1. The van der Waals surface area contributed by atoms with E-state index in [0.29, 0.717) is 23.6 Å². The molecule has 1 heterocycles. The van der Waals surface area contributed by atoms with Gasteiger partial charge in [-0.1, -0.05) is 42.5 Å². The van der Waals surface area contributed by atoms with Crippen LogP contribution >= 0.6 is 0 Å². The first-order chi connectivity index (χ1) is 14.3. The van der Waals surface area contributed by atoms with Gasteiger partial charge in [-0.3, -0.25) is 4.79 Å². The third kappa shape index (κ3) is 5.22. The fourth-order valence-electron chi connectivity index (χ4n) is 2.91. The van der Waals surface area contributed by atoms with E-state index in [1.54, 1.807) is 31.3 Å². The van der Waals surface area contributed by atoms with Crippen molar-refractivity contribution in [1.82, 2.24) is 9.88 Å². The highest BCUT2D eigenvalue weighted by molar-refractivity contribution is 7.89. The lowest BCUT2D eigenvalue weighted by Gasteiger charge is -2.26.